The largest absolute Gasteiger partial charge is 0.441 e. The molecule has 1 aliphatic heterocycles. The highest BCUT2D eigenvalue weighted by atomic mass is 19.1. The van der Waals surface area contributed by atoms with Crippen molar-refractivity contribution in [3.8, 4) is 11.4 Å². The van der Waals surface area contributed by atoms with Crippen LogP contribution in [0.15, 0.2) is 24.7 Å². The van der Waals surface area contributed by atoms with E-state index in [1.54, 1.807) is 18.1 Å². The predicted molar refractivity (Wildman–Crippen MR) is 114 cm³/mol. The minimum absolute atomic E-state index is 0.0148. The summed E-state index contributed by atoms with van der Waals surface area (Å²) >= 11 is 0. The number of aromatic nitrogens is 4. The molecule has 1 saturated heterocycles. The van der Waals surface area contributed by atoms with Crippen LogP contribution in [-0.4, -0.2) is 55.7 Å². The molecule has 5 rings (SSSR count). The molecule has 0 unspecified atom stereocenters. The molecule has 0 bridgehead atoms. The Kier molecular flexibility index (Phi) is 4.94. The summed E-state index contributed by atoms with van der Waals surface area (Å²) in [4.78, 5) is 29.3. The number of hydrogen-bond acceptors (Lipinski definition) is 6. The van der Waals surface area contributed by atoms with Gasteiger partial charge < -0.3 is 19.9 Å². The summed E-state index contributed by atoms with van der Waals surface area (Å²) in [6, 6.07) is 1.21. The number of fused-ring (bicyclic) bond motifs is 1. The van der Waals surface area contributed by atoms with E-state index < -0.39 is 17.2 Å². The van der Waals surface area contributed by atoms with Gasteiger partial charge in [0, 0.05) is 36.7 Å². The van der Waals surface area contributed by atoms with Crippen LogP contribution in [0.3, 0.4) is 0 Å². The molecular weight excluding hydrogens is 418 g/mol. The molecule has 1 aliphatic carbocycles. The zero-order chi connectivity index (χ0) is 22.5. The van der Waals surface area contributed by atoms with Crippen molar-refractivity contribution in [2.24, 2.45) is 0 Å². The maximum absolute atomic E-state index is 14.6. The lowest BCUT2D eigenvalue weighted by molar-refractivity contribution is -0.00232. The molecule has 1 amide bonds. The topological polar surface area (TPSA) is 96.0 Å². The van der Waals surface area contributed by atoms with Gasteiger partial charge in [-0.3, -0.25) is 0 Å². The standard InChI is InChI=1S/C22H24F2N6O2/c1-3-17-22(32-21(31)30(17)2)6-4-5-13(8-22)28-20-16(24)11-27-19(29-20)15-10-26-18-14(15)7-12(23)9-25-18/h7,9-11,13,17H,3-6,8H2,1-2H3,(H,25,26)(H,27,28,29)/t13-,17+,22+/m0/s1. The highest BCUT2D eigenvalue weighted by Crippen LogP contribution is 2.43. The first-order valence-electron chi connectivity index (χ1n) is 10.8. The lowest BCUT2D eigenvalue weighted by Crippen LogP contribution is -2.49. The van der Waals surface area contributed by atoms with E-state index >= 15 is 0 Å². The van der Waals surface area contributed by atoms with Gasteiger partial charge >= 0.3 is 6.09 Å². The van der Waals surface area contributed by atoms with Crippen molar-refractivity contribution < 1.29 is 18.3 Å². The molecule has 168 valence electrons. The van der Waals surface area contributed by atoms with Crippen molar-refractivity contribution in [1.82, 2.24) is 24.8 Å². The van der Waals surface area contributed by atoms with Crippen LogP contribution in [0.2, 0.25) is 0 Å². The molecular formula is C22H24F2N6O2. The molecule has 1 saturated carbocycles. The van der Waals surface area contributed by atoms with Gasteiger partial charge in [0.25, 0.3) is 0 Å². The van der Waals surface area contributed by atoms with Gasteiger partial charge in [-0.1, -0.05) is 6.92 Å². The van der Waals surface area contributed by atoms with Crippen LogP contribution in [-0.2, 0) is 4.74 Å². The molecule has 10 heteroatoms. The number of ether oxygens (including phenoxy) is 1. The fourth-order valence-corrected chi connectivity index (χ4v) is 5.18. The molecule has 3 atom stereocenters. The van der Waals surface area contributed by atoms with E-state index in [9.17, 15) is 13.6 Å². The van der Waals surface area contributed by atoms with E-state index in [0.717, 1.165) is 38.1 Å². The Morgan fingerprint density at radius 1 is 1.34 bits per heavy atom. The summed E-state index contributed by atoms with van der Waals surface area (Å²) in [7, 11) is 1.76. The average Bonchev–Trinajstić information content (AvgIpc) is 3.28. The number of H-pyrrole nitrogens is 1. The third-order valence-corrected chi connectivity index (χ3v) is 6.61. The van der Waals surface area contributed by atoms with Gasteiger partial charge in [0.2, 0.25) is 0 Å². The summed E-state index contributed by atoms with van der Waals surface area (Å²) in [6.45, 7) is 2.04. The quantitative estimate of drug-likeness (QED) is 0.627. The second-order valence-corrected chi connectivity index (χ2v) is 8.55. The maximum Gasteiger partial charge on any atom is 0.410 e. The molecule has 2 aliphatic rings. The number of carbonyl (C=O) groups excluding carboxylic acids is 1. The smallest absolute Gasteiger partial charge is 0.410 e. The van der Waals surface area contributed by atoms with Gasteiger partial charge in [-0.05, 0) is 31.7 Å². The zero-order valence-corrected chi connectivity index (χ0v) is 17.9. The molecule has 8 nitrogen and oxygen atoms in total. The monoisotopic (exact) mass is 442 g/mol. The van der Waals surface area contributed by atoms with Crippen molar-refractivity contribution >= 4 is 22.9 Å². The molecule has 3 aromatic heterocycles. The van der Waals surface area contributed by atoms with Crippen molar-refractivity contribution in [2.75, 3.05) is 12.4 Å². The number of likely N-dealkylation sites (N-methyl/N-ethyl adjacent to an activating group) is 1. The van der Waals surface area contributed by atoms with Crippen molar-refractivity contribution in [2.45, 2.75) is 56.7 Å². The van der Waals surface area contributed by atoms with Gasteiger partial charge in [0.15, 0.2) is 17.5 Å². The van der Waals surface area contributed by atoms with Crippen molar-refractivity contribution in [3.63, 3.8) is 0 Å². The second-order valence-electron chi connectivity index (χ2n) is 8.55. The number of amides is 1. The summed E-state index contributed by atoms with van der Waals surface area (Å²) in [6.07, 6.45) is 7.34. The third kappa shape index (κ3) is 3.34. The molecule has 0 aromatic carbocycles. The normalized spacial score (nSPS) is 25.5. The molecule has 32 heavy (non-hydrogen) atoms. The van der Waals surface area contributed by atoms with Gasteiger partial charge in [-0.15, -0.1) is 0 Å². The Balaban J connectivity index is 1.42. The van der Waals surface area contributed by atoms with Crippen LogP contribution in [0, 0.1) is 11.6 Å². The second kappa shape index (κ2) is 7.68. The Bertz CT molecular complexity index is 1180. The fourth-order valence-electron chi connectivity index (χ4n) is 5.18. The minimum atomic E-state index is -0.580. The SMILES string of the molecule is CC[C@H]1N(C)C(=O)O[C@@]12CCC[C@H](Nc1nc(-c3c[nH]c4ncc(F)cc34)ncc1F)C2. The number of nitrogens with zero attached hydrogens (tertiary/aromatic N) is 4. The number of rotatable bonds is 4. The number of hydrogen-bond donors (Lipinski definition) is 2. The van der Waals surface area contributed by atoms with Gasteiger partial charge in [0.05, 0.1) is 18.4 Å². The number of nitrogens with one attached hydrogen (secondary N) is 2. The van der Waals surface area contributed by atoms with E-state index in [2.05, 4.69) is 25.3 Å². The molecule has 3 aromatic rings. The highest BCUT2D eigenvalue weighted by molar-refractivity contribution is 5.91. The first-order valence-corrected chi connectivity index (χ1v) is 10.8. The maximum atomic E-state index is 14.6. The molecule has 2 N–H and O–H groups in total. The number of pyridine rings is 1. The van der Waals surface area contributed by atoms with Crippen molar-refractivity contribution in [3.05, 3.63) is 36.3 Å². The van der Waals surface area contributed by atoms with Crippen LogP contribution in [0.5, 0.6) is 0 Å². The predicted octanol–water partition coefficient (Wildman–Crippen LogP) is 4.25. The molecule has 2 fully saturated rings. The van der Waals surface area contributed by atoms with Gasteiger partial charge in [0.1, 0.15) is 17.1 Å². The number of halogens is 2. The Hall–Kier alpha value is -3.30. The highest BCUT2D eigenvalue weighted by Gasteiger charge is 2.53. The number of aromatic amines is 1. The van der Waals surface area contributed by atoms with Crippen molar-refractivity contribution in [1.29, 1.82) is 0 Å². The Morgan fingerprint density at radius 3 is 3.00 bits per heavy atom. The number of carbonyl (C=O) groups is 1. The minimum Gasteiger partial charge on any atom is -0.441 e. The molecule has 4 heterocycles. The summed E-state index contributed by atoms with van der Waals surface area (Å²) in [5.41, 5.74) is 0.450. The van der Waals surface area contributed by atoms with Gasteiger partial charge in [-0.2, -0.15) is 0 Å². The summed E-state index contributed by atoms with van der Waals surface area (Å²) in [5.74, 6) is -0.726. The molecule has 1 spiro atoms. The van der Waals surface area contributed by atoms with Gasteiger partial charge in [-0.25, -0.2) is 28.5 Å². The average molecular weight is 442 g/mol. The lowest BCUT2D eigenvalue weighted by atomic mass is 9.76. The summed E-state index contributed by atoms with van der Waals surface area (Å²) in [5, 5.41) is 3.72. The lowest BCUT2D eigenvalue weighted by Gasteiger charge is -2.40. The fraction of sp³-hybridized carbons (Fsp3) is 0.455. The summed E-state index contributed by atoms with van der Waals surface area (Å²) < 4.78 is 34.1. The van der Waals surface area contributed by atoms with Crippen LogP contribution in [0.25, 0.3) is 22.4 Å². The zero-order valence-electron chi connectivity index (χ0n) is 17.9. The van der Waals surface area contributed by atoms with E-state index in [1.807, 2.05) is 6.92 Å². The first kappa shape index (κ1) is 20.6. The van der Waals surface area contributed by atoms with Crippen LogP contribution < -0.4 is 5.32 Å². The van der Waals surface area contributed by atoms with Crippen LogP contribution >= 0.6 is 0 Å². The Labute approximate surface area is 183 Å². The third-order valence-electron chi connectivity index (χ3n) is 6.61. The Morgan fingerprint density at radius 2 is 2.19 bits per heavy atom. The van der Waals surface area contributed by atoms with E-state index in [-0.39, 0.29) is 29.8 Å². The van der Waals surface area contributed by atoms with Crippen LogP contribution in [0.4, 0.5) is 19.4 Å². The van der Waals surface area contributed by atoms with E-state index in [4.69, 9.17) is 4.74 Å². The number of anilines is 1. The van der Waals surface area contributed by atoms with E-state index in [0.29, 0.717) is 23.0 Å². The molecule has 0 radical (unpaired) electrons. The first-order chi connectivity index (χ1) is 15.4. The van der Waals surface area contributed by atoms with Crippen LogP contribution in [0.1, 0.15) is 39.0 Å². The van der Waals surface area contributed by atoms with E-state index in [1.165, 1.54) is 6.07 Å².